The van der Waals surface area contributed by atoms with Crippen molar-refractivity contribution in [3.63, 3.8) is 0 Å². The highest BCUT2D eigenvalue weighted by molar-refractivity contribution is 6.15. The van der Waals surface area contributed by atoms with Gasteiger partial charge in [0.05, 0.1) is 39.4 Å². The molecule has 242 valence electrons. The summed E-state index contributed by atoms with van der Waals surface area (Å²) in [5, 5.41) is 0.932. The van der Waals surface area contributed by atoms with Gasteiger partial charge in [-0.3, -0.25) is 9.59 Å². The van der Waals surface area contributed by atoms with Gasteiger partial charge in [-0.1, -0.05) is 18.2 Å². The van der Waals surface area contributed by atoms with Crippen molar-refractivity contribution in [2.75, 3.05) is 27.4 Å². The molecule has 0 radical (unpaired) electrons. The van der Waals surface area contributed by atoms with Crippen molar-refractivity contribution >= 4 is 28.7 Å². The molecule has 9 heteroatoms. The molecule has 3 aliphatic rings. The lowest BCUT2D eigenvalue weighted by Gasteiger charge is -2.27. The van der Waals surface area contributed by atoms with Crippen LogP contribution in [-0.4, -0.2) is 43.8 Å². The van der Waals surface area contributed by atoms with E-state index in [1.165, 1.54) is 11.1 Å². The van der Waals surface area contributed by atoms with Crippen LogP contribution in [-0.2, 0) is 24.7 Å². The first-order valence-corrected chi connectivity index (χ1v) is 15.9. The van der Waals surface area contributed by atoms with Gasteiger partial charge in [0.25, 0.3) is 0 Å². The number of carbonyl (C=O) groups is 2. The standard InChI is InChI=1S/C39H33NO8/c1-40-21-25(28-19-26(43-2)6-8-30(28)40)18-35-38(42)27-7-11-33-37(39(27)48-35)29(20-36(41)47-33)23-5-10-32(44-3)34(17-23)46-14-12-22-4-9-31-24(16-22)13-15-45-31/h4-11,16-19,21,29H,12-15,20H2,1-3H3/b35-18-. The Bertz CT molecular complexity index is 2160. The fourth-order valence-electron chi connectivity index (χ4n) is 6.87. The number of fused-ring (bicyclic) bond motifs is 5. The Morgan fingerprint density at radius 1 is 0.917 bits per heavy atom. The number of methoxy groups -OCH3 is 2. The highest BCUT2D eigenvalue weighted by Gasteiger charge is 2.39. The monoisotopic (exact) mass is 643 g/mol. The van der Waals surface area contributed by atoms with E-state index >= 15 is 0 Å². The van der Waals surface area contributed by atoms with Crippen LogP contribution in [0.3, 0.4) is 0 Å². The van der Waals surface area contributed by atoms with Gasteiger partial charge in [-0.25, -0.2) is 0 Å². The van der Waals surface area contributed by atoms with Crippen LogP contribution >= 0.6 is 0 Å². The second-order valence-electron chi connectivity index (χ2n) is 12.2. The molecule has 1 aromatic heterocycles. The van der Waals surface area contributed by atoms with E-state index < -0.39 is 5.92 Å². The summed E-state index contributed by atoms with van der Waals surface area (Å²) in [7, 11) is 5.17. The third-order valence-corrected chi connectivity index (χ3v) is 9.29. The fraction of sp³-hybridized carbons (Fsp3) is 0.231. The number of carbonyl (C=O) groups excluding carboxylic acids is 2. The minimum Gasteiger partial charge on any atom is -0.497 e. The molecule has 0 saturated carbocycles. The third kappa shape index (κ3) is 5.12. The molecule has 4 heterocycles. The summed E-state index contributed by atoms with van der Waals surface area (Å²) < 4.78 is 37.0. The molecule has 3 aliphatic heterocycles. The fourth-order valence-corrected chi connectivity index (χ4v) is 6.87. The molecule has 1 unspecified atom stereocenters. The molecule has 0 saturated heterocycles. The molecule has 0 fully saturated rings. The van der Waals surface area contributed by atoms with Crippen molar-refractivity contribution < 1.29 is 38.0 Å². The molecule has 1 atom stereocenters. The zero-order chi connectivity index (χ0) is 32.9. The molecule has 0 spiro atoms. The maximum Gasteiger partial charge on any atom is 0.312 e. The number of aromatic nitrogens is 1. The maximum absolute atomic E-state index is 13.7. The molecule has 0 bridgehead atoms. The molecule has 0 aliphatic carbocycles. The van der Waals surface area contributed by atoms with Gasteiger partial charge in [0.15, 0.2) is 17.3 Å². The molecule has 48 heavy (non-hydrogen) atoms. The van der Waals surface area contributed by atoms with E-state index in [1.54, 1.807) is 32.4 Å². The number of ketones is 1. The highest BCUT2D eigenvalue weighted by Crippen LogP contribution is 2.50. The van der Waals surface area contributed by atoms with E-state index in [2.05, 4.69) is 12.1 Å². The van der Waals surface area contributed by atoms with E-state index in [4.69, 9.17) is 28.4 Å². The van der Waals surface area contributed by atoms with Gasteiger partial charge in [0.2, 0.25) is 5.78 Å². The van der Waals surface area contributed by atoms with Gasteiger partial charge in [-0.05, 0) is 71.3 Å². The highest BCUT2D eigenvalue weighted by atomic mass is 16.5. The summed E-state index contributed by atoms with van der Waals surface area (Å²) in [4.78, 5) is 26.6. The maximum atomic E-state index is 13.7. The van der Waals surface area contributed by atoms with Gasteiger partial charge >= 0.3 is 5.97 Å². The Labute approximate surface area is 277 Å². The summed E-state index contributed by atoms with van der Waals surface area (Å²) in [5.74, 6) is 2.76. The van der Waals surface area contributed by atoms with E-state index in [9.17, 15) is 9.59 Å². The second kappa shape index (κ2) is 11.8. The van der Waals surface area contributed by atoms with Crippen LogP contribution in [0, 0.1) is 0 Å². The average molecular weight is 644 g/mol. The van der Waals surface area contributed by atoms with Gasteiger partial charge < -0.3 is 33.0 Å². The molecule has 0 amide bonds. The number of rotatable bonds is 8. The predicted molar refractivity (Wildman–Crippen MR) is 179 cm³/mol. The minimum atomic E-state index is -0.435. The van der Waals surface area contributed by atoms with E-state index in [0.717, 1.165) is 46.6 Å². The molecule has 8 rings (SSSR count). The average Bonchev–Trinajstić information content (AvgIpc) is 3.79. The number of hydrogen-bond donors (Lipinski definition) is 0. The van der Waals surface area contributed by atoms with Gasteiger partial charge in [-0.15, -0.1) is 0 Å². The molecule has 4 aromatic carbocycles. The second-order valence-corrected chi connectivity index (χ2v) is 12.2. The van der Waals surface area contributed by atoms with E-state index in [0.29, 0.717) is 47.2 Å². The topological polar surface area (TPSA) is 94.5 Å². The normalized spacial score (nSPS) is 17.0. The lowest BCUT2D eigenvalue weighted by atomic mass is 9.84. The van der Waals surface area contributed by atoms with Crippen LogP contribution in [0.2, 0.25) is 0 Å². The molecular formula is C39H33NO8. The minimum absolute atomic E-state index is 0.0755. The van der Waals surface area contributed by atoms with Crippen LogP contribution < -0.4 is 28.4 Å². The first kappa shape index (κ1) is 29.7. The van der Waals surface area contributed by atoms with Crippen LogP contribution in [0.4, 0.5) is 0 Å². The van der Waals surface area contributed by atoms with Gasteiger partial charge in [-0.2, -0.15) is 0 Å². The van der Waals surface area contributed by atoms with Crippen LogP contribution in [0.1, 0.15) is 50.5 Å². The lowest BCUT2D eigenvalue weighted by molar-refractivity contribution is -0.135. The zero-order valence-electron chi connectivity index (χ0n) is 26.8. The van der Waals surface area contributed by atoms with Crippen LogP contribution in [0.15, 0.2) is 78.7 Å². The van der Waals surface area contributed by atoms with Crippen LogP contribution in [0.5, 0.6) is 34.5 Å². The Morgan fingerprint density at radius 3 is 2.65 bits per heavy atom. The summed E-state index contributed by atoms with van der Waals surface area (Å²) in [6, 6.07) is 21.1. The summed E-state index contributed by atoms with van der Waals surface area (Å²) in [5.41, 5.74) is 6.10. The first-order valence-electron chi connectivity index (χ1n) is 15.9. The summed E-state index contributed by atoms with van der Waals surface area (Å²) in [6.07, 6.45) is 5.41. The number of hydrogen-bond acceptors (Lipinski definition) is 8. The van der Waals surface area contributed by atoms with Crippen molar-refractivity contribution in [1.29, 1.82) is 0 Å². The van der Waals surface area contributed by atoms with Gasteiger partial charge in [0, 0.05) is 54.0 Å². The van der Waals surface area contributed by atoms with Crippen molar-refractivity contribution in [1.82, 2.24) is 4.57 Å². The van der Waals surface area contributed by atoms with Gasteiger partial charge in [0.1, 0.15) is 23.0 Å². The van der Waals surface area contributed by atoms with E-state index in [1.807, 2.05) is 60.3 Å². The Hall–Kier alpha value is -5.70. The van der Waals surface area contributed by atoms with Crippen molar-refractivity contribution in [2.45, 2.75) is 25.2 Å². The summed E-state index contributed by atoms with van der Waals surface area (Å²) in [6.45, 7) is 1.15. The largest absolute Gasteiger partial charge is 0.497 e. The van der Waals surface area contributed by atoms with Crippen LogP contribution in [0.25, 0.3) is 17.0 Å². The third-order valence-electron chi connectivity index (χ3n) is 9.29. The van der Waals surface area contributed by atoms with Crippen molar-refractivity contribution in [3.8, 4) is 34.5 Å². The number of nitrogens with zero attached hydrogens (tertiary/aromatic N) is 1. The number of Topliss-reactive ketones (excluding diaryl/α,β-unsaturated/α-hetero) is 1. The number of ether oxygens (including phenoxy) is 6. The van der Waals surface area contributed by atoms with E-state index in [-0.39, 0.29) is 23.9 Å². The molecule has 9 nitrogen and oxygen atoms in total. The Kier molecular flexibility index (Phi) is 7.32. The van der Waals surface area contributed by atoms with Crippen molar-refractivity contribution in [2.24, 2.45) is 7.05 Å². The Balaban J connectivity index is 1.11. The first-order chi connectivity index (χ1) is 23.4. The number of benzene rings is 4. The SMILES string of the molecule is COc1ccc2c(c1)c(/C=C1\Oc3c(ccc4c3C(c3ccc(OC)c(OCCc5ccc6c(c5)CCO6)c3)CC(=O)O4)C1=O)cn2C. The smallest absolute Gasteiger partial charge is 0.312 e. The Morgan fingerprint density at radius 2 is 1.79 bits per heavy atom. The lowest BCUT2D eigenvalue weighted by Crippen LogP contribution is -2.21. The number of esters is 1. The summed E-state index contributed by atoms with van der Waals surface area (Å²) >= 11 is 0. The van der Waals surface area contributed by atoms with Crippen molar-refractivity contribution in [3.05, 3.63) is 112 Å². The number of allylic oxidation sites excluding steroid dienone is 1. The molecule has 0 N–H and O–H groups in total. The predicted octanol–water partition coefficient (Wildman–Crippen LogP) is 6.81. The quantitative estimate of drug-likeness (QED) is 0.103. The molecular weight excluding hydrogens is 610 g/mol. The molecule has 5 aromatic rings. The number of aryl methyl sites for hydroxylation is 1. The zero-order valence-corrected chi connectivity index (χ0v) is 26.8.